The molecule has 0 saturated heterocycles. The van der Waals surface area contributed by atoms with Gasteiger partial charge in [-0.3, -0.25) is 0 Å². The van der Waals surface area contributed by atoms with Crippen molar-refractivity contribution in [2.75, 3.05) is 6.61 Å². The molecule has 0 saturated carbocycles. The average Bonchev–Trinajstić information content (AvgIpc) is 2.43. The third-order valence-corrected chi connectivity index (χ3v) is 10.9. The van der Waals surface area contributed by atoms with Crippen molar-refractivity contribution in [3.63, 3.8) is 0 Å². The van der Waals surface area contributed by atoms with Crippen LogP contribution in [0.4, 0.5) is 0 Å². The van der Waals surface area contributed by atoms with Crippen LogP contribution in [-0.4, -0.2) is 29.9 Å². The summed E-state index contributed by atoms with van der Waals surface area (Å²) in [5, 5.41) is 1.52. The summed E-state index contributed by atoms with van der Waals surface area (Å²) in [4.78, 5) is 0. The summed E-state index contributed by atoms with van der Waals surface area (Å²) in [5.74, 6) is 0. The molecule has 0 amide bonds. The summed E-state index contributed by atoms with van der Waals surface area (Å²) in [6.07, 6.45) is 4.73. The van der Waals surface area contributed by atoms with Gasteiger partial charge in [-0.2, -0.15) is 0 Å². The molecular weight excluding hydrogens is 351 g/mol. The van der Waals surface area contributed by atoms with Crippen molar-refractivity contribution in [1.82, 2.24) is 0 Å². The quantitative estimate of drug-likeness (QED) is 0.341. The van der Waals surface area contributed by atoms with Gasteiger partial charge in [-0.1, -0.05) is 0 Å². The molecule has 1 aromatic carbocycles. The zero-order valence-corrected chi connectivity index (χ0v) is 17.8. The molecule has 22 heavy (non-hydrogen) atoms. The minimum absolute atomic E-state index is 0.316. The van der Waals surface area contributed by atoms with Gasteiger partial charge >= 0.3 is 145 Å². The van der Waals surface area contributed by atoms with E-state index in [-0.39, 0.29) is 0 Å². The number of benzene rings is 1. The Balaban J connectivity index is 2.23. The molecule has 0 aromatic heterocycles. The van der Waals surface area contributed by atoms with E-state index in [1.54, 1.807) is 0 Å². The number of allylic oxidation sites excluding steroid dienone is 2. The van der Waals surface area contributed by atoms with Crippen molar-refractivity contribution in [3.8, 4) is 0 Å². The molecule has 0 fully saturated rings. The Labute approximate surface area is 144 Å². The summed E-state index contributed by atoms with van der Waals surface area (Å²) in [6.45, 7) is 14.7. The molecule has 1 aromatic rings. The van der Waals surface area contributed by atoms with Gasteiger partial charge < -0.3 is 0 Å². The van der Waals surface area contributed by atoms with Gasteiger partial charge in [0.05, 0.1) is 0 Å². The van der Waals surface area contributed by atoms with Gasteiger partial charge in [0.15, 0.2) is 0 Å². The zero-order valence-electron chi connectivity index (χ0n) is 15.1. The molecule has 0 atom stereocenters. The molecular formula is C19H32OSeSi. The van der Waals surface area contributed by atoms with Crippen molar-refractivity contribution in [2.24, 2.45) is 0 Å². The Morgan fingerprint density at radius 3 is 2.41 bits per heavy atom. The fraction of sp³-hybridized carbons (Fsp3) is 0.579. The van der Waals surface area contributed by atoms with E-state index >= 15 is 0 Å². The summed E-state index contributed by atoms with van der Waals surface area (Å²) >= 11 is 0.570. The molecule has 0 spiro atoms. The normalized spacial score (nSPS) is 13.5. The van der Waals surface area contributed by atoms with E-state index in [1.807, 2.05) is 0 Å². The molecule has 1 rings (SSSR count). The van der Waals surface area contributed by atoms with Crippen LogP contribution in [-0.2, 0) is 4.43 Å². The first-order valence-electron chi connectivity index (χ1n) is 8.20. The summed E-state index contributed by atoms with van der Waals surface area (Å²) < 4.78 is 7.72. The third-order valence-electron chi connectivity index (χ3n) is 4.41. The standard InChI is InChI=1S/C19H32OSeSi/c1-17(14-16-21-18-12-8-7-9-13-18)11-10-15-20-22(5,6)19(2,3)4/h7-9,12-14H,10-11,15-16H2,1-6H3/b17-14+. The molecule has 1 nitrogen and oxygen atoms in total. The van der Waals surface area contributed by atoms with Crippen molar-refractivity contribution >= 4 is 27.7 Å². The molecule has 0 radical (unpaired) electrons. The maximum atomic E-state index is 6.23. The Hall–Kier alpha value is -0.344. The van der Waals surface area contributed by atoms with Crippen molar-refractivity contribution in [3.05, 3.63) is 42.0 Å². The van der Waals surface area contributed by atoms with Gasteiger partial charge in [0.2, 0.25) is 0 Å². The molecule has 0 aliphatic carbocycles. The SMILES string of the molecule is C/C(=C\C[Se]c1ccccc1)CCCO[Si](C)(C)C(C)(C)C. The predicted molar refractivity (Wildman–Crippen MR) is 103 cm³/mol. The van der Waals surface area contributed by atoms with Crippen LogP contribution < -0.4 is 4.46 Å². The molecule has 0 N–H and O–H groups in total. The third kappa shape index (κ3) is 7.28. The van der Waals surface area contributed by atoms with Crippen molar-refractivity contribution < 1.29 is 4.43 Å². The van der Waals surface area contributed by atoms with Gasteiger partial charge in [-0.25, -0.2) is 0 Å². The van der Waals surface area contributed by atoms with E-state index in [2.05, 4.69) is 77.2 Å². The molecule has 0 bridgehead atoms. The Morgan fingerprint density at radius 2 is 1.82 bits per heavy atom. The van der Waals surface area contributed by atoms with Crippen LogP contribution in [0.25, 0.3) is 0 Å². The first-order valence-corrected chi connectivity index (χ1v) is 13.2. The van der Waals surface area contributed by atoms with Gasteiger partial charge in [0, 0.05) is 0 Å². The minimum atomic E-state index is -1.56. The monoisotopic (exact) mass is 384 g/mol. The molecule has 3 heteroatoms. The van der Waals surface area contributed by atoms with Crippen LogP contribution in [0.3, 0.4) is 0 Å². The first-order chi connectivity index (χ1) is 10.2. The van der Waals surface area contributed by atoms with Crippen LogP contribution in [0.2, 0.25) is 23.5 Å². The second-order valence-corrected chi connectivity index (χ2v) is 14.5. The Bertz CT molecular complexity index is 460. The van der Waals surface area contributed by atoms with Crippen molar-refractivity contribution in [2.45, 2.75) is 64.0 Å². The van der Waals surface area contributed by atoms with E-state index < -0.39 is 8.32 Å². The Kier molecular flexibility index (Phi) is 8.13. The van der Waals surface area contributed by atoms with E-state index in [4.69, 9.17) is 4.43 Å². The zero-order chi connectivity index (χ0) is 16.6. The topological polar surface area (TPSA) is 9.23 Å². The fourth-order valence-corrected chi connectivity index (χ4v) is 4.79. The maximum absolute atomic E-state index is 6.23. The van der Waals surface area contributed by atoms with E-state index in [1.165, 1.54) is 21.8 Å². The molecule has 0 aliphatic heterocycles. The van der Waals surface area contributed by atoms with E-state index in [9.17, 15) is 0 Å². The summed E-state index contributed by atoms with van der Waals surface area (Å²) in [5.41, 5.74) is 1.51. The van der Waals surface area contributed by atoms with Crippen LogP contribution in [0, 0.1) is 0 Å². The van der Waals surface area contributed by atoms with Gasteiger partial charge in [0.25, 0.3) is 0 Å². The van der Waals surface area contributed by atoms with Gasteiger partial charge in [-0.15, -0.1) is 0 Å². The number of hydrogen-bond donors (Lipinski definition) is 0. The molecule has 0 unspecified atom stereocenters. The van der Waals surface area contributed by atoms with Crippen LogP contribution in [0.15, 0.2) is 42.0 Å². The van der Waals surface area contributed by atoms with Gasteiger partial charge in [0.1, 0.15) is 0 Å². The second-order valence-electron chi connectivity index (χ2n) is 7.39. The second kappa shape index (κ2) is 9.07. The van der Waals surface area contributed by atoms with Crippen LogP contribution >= 0.6 is 0 Å². The average molecular weight is 384 g/mol. The van der Waals surface area contributed by atoms with Crippen LogP contribution in [0.5, 0.6) is 0 Å². The van der Waals surface area contributed by atoms with Crippen LogP contribution in [0.1, 0.15) is 40.5 Å². The van der Waals surface area contributed by atoms with E-state index in [0.29, 0.717) is 20.0 Å². The first kappa shape index (κ1) is 19.7. The molecule has 124 valence electrons. The fourth-order valence-electron chi connectivity index (χ4n) is 1.79. The van der Waals surface area contributed by atoms with Crippen molar-refractivity contribution in [1.29, 1.82) is 0 Å². The summed E-state index contributed by atoms with van der Waals surface area (Å²) in [7, 11) is -1.56. The Morgan fingerprint density at radius 1 is 1.18 bits per heavy atom. The molecule has 0 heterocycles. The van der Waals surface area contributed by atoms with Gasteiger partial charge in [-0.05, 0) is 0 Å². The summed E-state index contributed by atoms with van der Waals surface area (Å²) in [6, 6.07) is 10.8. The number of hydrogen-bond acceptors (Lipinski definition) is 1. The van der Waals surface area contributed by atoms with E-state index in [0.717, 1.165) is 13.0 Å². The molecule has 0 aliphatic rings. The number of rotatable bonds is 8. The predicted octanol–water partition coefficient (Wildman–Crippen LogP) is 5.18.